The molecule has 1 aromatic rings. The highest BCUT2D eigenvalue weighted by atomic mass is 35.5. The molecule has 24 heavy (non-hydrogen) atoms. The van der Waals surface area contributed by atoms with Gasteiger partial charge in [0, 0.05) is 18.0 Å². The van der Waals surface area contributed by atoms with Gasteiger partial charge >= 0.3 is 0 Å². The summed E-state index contributed by atoms with van der Waals surface area (Å²) in [6, 6.07) is 5.17. The lowest BCUT2D eigenvalue weighted by Crippen LogP contribution is -2.45. The molecular formula is C17H24ClN3O3. The number of hydrogen-bond acceptors (Lipinski definition) is 4. The topological polar surface area (TPSA) is 70.7 Å². The second-order valence-corrected chi connectivity index (χ2v) is 6.38. The number of halogens is 1. The number of carbonyl (C=O) groups is 2. The van der Waals surface area contributed by atoms with Crippen molar-refractivity contribution in [3.05, 3.63) is 28.8 Å². The Hall–Kier alpha value is -1.79. The number of hydrazine groups is 1. The molecule has 2 amide bonds. The zero-order valence-corrected chi connectivity index (χ0v) is 14.7. The largest absolute Gasteiger partial charge is 0.483 e. The zero-order valence-electron chi connectivity index (χ0n) is 13.9. The number of amides is 2. The molecule has 0 spiro atoms. The van der Waals surface area contributed by atoms with Crippen molar-refractivity contribution < 1.29 is 14.3 Å². The summed E-state index contributed by atoms with van der Waals surface area (Å²) in [4.78, 5) is 25.7. The number of likely N-dealkylation sites (tertiary alicyclic amines) is 1. The predicted molar refractivity (Wildman–Crippen MR) is 92.9 cm³/mol. The third-order valence-electron chi connectivity index (χ3n) is 3.94. The Morgan fingerprint density at radius 1 is 1.17 bits per heavy atom. The summed E-state index contributed by atoms with van der Waals surface area (Å²) >= 11 is 5.86. The molecule has 1 aromatic carbocycles. The molecule has 132 valence electrons. The van der Waals surface area contributed by atoms with Crippen LogP contribution in [0.1, 0.15) is 31.2 Å². The minimum absolute atomic E-state index is 0.172. The highest BCUT2D eigenvalue weighted by molar-refractivity contribution is 6.30. The molecule has 2 rings (SSSR count). The highest BCUT2D eigenvalue weighted by Gasteiger charge is 2.12. The summed E-state index contributed by atoms with van der Waals surface area (Å²) in [7, 11) is 0. The van der Waals surface area contributed by atoms with Gasteiger partial charge in [-0.2, -0.15) is 0 Å². The van der Waals surface area contributed by atoms with E-state index in [0.29, 0.717) is 17.2 Å². The van der Waals surface area contributed by atoms with E-state index in [-0.39, 0.29) is 12.5 Å². The van der Waals surface area contributed by atoms with Crippen LogP contribution in [-0.2, 0) is 9.59 Å². The summed E-state index contributed by atoms with van der Waals surface area (Å²) in [5.74, 6) is -0.0155. The molecule has 0 bridgehead atoms. The van der Waals surface area contributed by atoms with Crippen molar-refractivity contribution in [2.45, 2.75) is 32.6 Å². The Labute approximate surface area is 147 Å². The van der Waals surface area contributed by atoms with Crippen LogP contribution in [0.3, 0.4) is 0 Å². The fourth-order valence-electron chi connectivity index (χ4n) is 2.60. The molecular weight excluding hydrogens is 330 g/mol. The normalized spacial score (nSPS) is 14.9. The van der Waals surface area contributed by atoms with E-state index in [1.165, 1.54) is 19.3 Å². The Balaban J connectivity index is 1.62. The first kappa shape index (κ1) is 18.5. The van der Waals surface area contributed by atoms with Crippen LogP contribution >= 0.6 is 11.6 Å². The Morgan fingerprint density at radius 2 is 1.88 bits per heavy atom. The van der Waals surface area contributed by atoms with Crippen LogP contribution in [0, 0.1) is 6.92 Å². The minimum Gasteiger partial charge on any atom is -0.483 e. The number of nitrogens with zero attached hydrogens (tertiary/aromatic N) is 1. The van der Waals surface area contributed by atoms with Gasteiger partial charge in [0.05, 0.1) is 0 Å². The standard InChI is InChI=1S/C17H24ClN3O3/c1-13-11-14(18)5-6-15(13)24-12-17(23)20-19-16(22)7-10-21-8-3-2-4-9-21/h5-6,11H,2-4,7-10,12H2,1H3,(H,19,22)(H,20,23). The van der Waals surface area contributed by atoms with E-state index >= 15 is 0 Å². The lowest BCUT2D eigenvalue weighted by Gasteiger charge is -2.25. The van der Waals surface area contributed by atoms with E-state index in [1.807, 2.05) is 6.92 Å². The fraction of sp³-hybridized carbons (Fsp3) is 0.529. The van der Waals surface area contributed by atoms with E-state index in [9.17, 15) is 9.59 Å². The molecule has 0 aliphatic carbocycles. The molecule has 0 radical (unpaired) electrons. The third kappa shape index (κ3) is 6.37. The SMILES string of the molecule is Cc1cc(Cl)ccc1OCC(=O)NNC(=O)CCN1CCCCC1. The summed E-state index contributed by atoms with van der Waals surface area (Å²) < 4.78 is 5.41. The Morgan fingerprint density at radius 3 is 2.58 bits per heavy atom. The molecule has 6 nitrogen and oxygen atoms in total. The summed E-state index contributed by atoms with van der Waals surface area (Å²) in [5.41, 5.74) is 5.63. The molecule has 1 aliphatic heterocycles. The van der Waals surface area contributed by atoms with Gasteiger partial charge in [-0.15, -0.1) is 0 Å². The zero-order chi connectivity index (χ0) is 17.4. The van der Waals surface area contributed by atoms with Gasteiger partial charge in [0.2, 0.25) is 5.91 Å². The lowest BCUT2D eigenvalue weighted by atomic mass is 10.1. The van der Waals surface area contributed by atoms with Crippen LogP contribution < -0.4 is 15.6 Å². The van der Waals surface area contributed by atoms with Crippen LogP contribution in [0.5, 0.6) is 5.75 Å². The summed E-state index contributed by atoms with van der Waals surface area (Å²) in [6.45, 7) is 4.50. The van der Waals surface area contributed by atoms with Gasteiger partial charge in [-0.1, -0.05) is 18.0 Å². The first-order valence-electron chi connectivity index (χ1n) is 8.23. The first-order chi connectivity index (χ1) is 11.5. The molecule has 1 fully saturated rings. The maximum atomic E-state index is 11.7. The average molecular weight is 354 g/mol. The van der Waals surface area contributed by atoms with Gasteiger partial charge in [-0.25, -0.2) is 0 Å². The number of hydrogen-bond donors (Lipinski definition) is 2. The smallest absolute Gasteiger partial charge is 0.276 e. The van der Waals surface area contributed by atoms with Crippen LogP contribution in [0.15, 0.2) is 18.2 Å². The number of ether oxygens (including phenoxy) is 1. The number of carbonyl (C=O) groups excluding carboxylic acids is 2. The minimum atomic E-state index is -0.407. The third-order valence-corrected chi connectivity index (χ3v) is 4.18. The van der Waals surface area contributed by atoms with Crippen molar-refractivity contribution in [2.24, 2.45) is 0 Å². The Bertz CT molecular complexity index is 574. The molecule has 1 saturated heterocycles. The Kier molecular flexibility index (Phi) is 7.34. The maximum Gasteiger partial charge on any atom is 0.276 e. The van der Waals surface area contributed by atoms with Crippen molar-refractivity contribution in [3.8, 4) is 5.75 Å². The number of piperidine rings is 1. The van der Waals surface area contributed by atoms with Gasteiger partial charge in [-0.05, 0) is 56.6 Å². The molecule has 1 aliphatic rings. The lowest BCUT2D eigenvalue weighted by molar-refractivity contribution is -0.130. The van der Waals surface area contributed by atoms with Crippen molar-refractivity contribution >= 4 is 23.4 Å². The molecule has 1 heterocycles. The van der Waals surface area contributed by atoms with E-state index in [2.05, 4.69) is 15.8 Å². The molecule has 2 N–H and O–H groups in total. The predicted octanol–water partition coefficient (Wildman–Crippen LogP) is 2.05. The summed E-state index contributed by atoms with van der Waals surface area (Å²) in [5, 5.41) is 0.616. The van der Waals surface area contributed by atoms with Gasteiger partial charge in [-0.3, -0.25) is 20.4 Å². The van der Waals surface area contributed by atoms with Crippen LogP contribution in [0.25, 0.3) is 0 Å². The quantitative estimate of drug-likeness (QED) is 0.768. The summed E-state index contributed by atoms with van der Waals surface area (Å²) in [6.07, 6.45) is 4.03. The van der Waals surface area contributed by atoms with E-state index < -0.39 is 5.91 Å². The van der Waals surface area contributed by atoms with E-state index in [4.69, 9.17) is 16.3 Å². The van der Waals surface area contributed by atoms with Crippen LogP contribution in [0.4, 0.5) is 0 Å². The molecule has 0 saturated carbocycles. The number of nitrogens with one attached hydrogen (secondary N) is 2. The molecule has 0 aromatic heterocycles. The fourth-order valence-corrected chi connectivity index (χ4v) is 2.83. The molecule has 7 heteroatoms. The van der Waals surface area contributed by atoms with E-state index in [0.717, 1.165) is 25.2 Å². The monoisotopic (exact) mass is 353 g/mol. The molecule has 0 atom stereocenters. The second-order valence-electron chi connectivity index (χ2n) is 5.95. The maximum absolute atomic E-state index is 11.7. The van der Waals surface area contributed by atoms with Gasteiger partial charge < -0.3 is 9.64 Å². The van der Waals surface area contributed by atoms with Gasteiger partial charge in [0.25, 0.3) is 5.91 Å². The van der Waals surface area contributed by atoms with Crippen molar-refractivity contribution in [2.75, 3.05) is 26.2 Å². The average Bonchev–Trinajstić information content (AvgIpc) is 2.58. The molecule has 0 unspecified atom stereocenters. The highest BCUT2D eigenvalue weighted by Crippen LogP contribution is 2.21. The van der Waals surface area contributed by atoms with Crippen LogP contribution in [-0.4, -0.2) is 43.0 Å². The van der Waals surface area contributed by atoms with Crippen molar-refractivity contribution in [1.82, 2.24) is 15.8 Å². The van der Waals surface area contributed by atoms with Crippen molar-refractivity contribution in [3.63, 3.8) is 0 Å². The van der Waals surface area contributed by atoms with E-state index in [1.54, 1.807) is 18.2 Å². The number of aryl methyl sites for hydroxylation is 1. The second kappa shape index (κ2) is 9.49. The first-order valence-corrected chi connectivity index (χ1v) is 8.61. The number of benzene rings is 1. The number of rotatable bonds is 6. The van der Waals surface area contributed by atoms with Gasteiger partial charge in [0.15, 0.2) is 6.61 Å². The van der Waals surface area contributed by atoms with Gasteiger partial charge in [0.1, 0.15) is 5.75 Å². The van der Waals surface area contributed by atoms with Crippen molar-refractivity contribution in [1.29, 1.82) is 0 Å². The van der Waals surface area contributed by atoms with Crippen LogP contribution in [0.2, 0.25) is 5.02 Å².